The molecule has 2 heterocycles. The predicted molar refractivity (Wildman–Crippen MR) is 95.9 cm³/mol. The fourth-order valence-corrected chi connectivity index (χ4v) is 2.97. The molecule has 0 fully saturated rings. The van der Waals surface area contributed by atoms with Crippen LogP contribution < -0.4 is 9.64 Å². The van der Waals surface area contributed by atoms with Crippen molar-refractivity contribution in [3.05, 3.63) is 22.2 Å². The molecule has 0 aromatic carbocycles. The molecule has 7 heteroatoms. The number of aromatic nitrogens is 1. The lowest BCUT2D eigenvalue weighted by molar-refractivity contribution is -0.389. The molecule has 1 aromatic rings. The molecule has 0 spiro atoms. The van der Waals surface area contributed by atoms with E-state index in [-0.39, 0.29) is 17.5 Å². The fraction of sp³-hybridized carbons (Fsp3) is 0.667. The third kappa shape index (κ3) is 4.67. The molecule has 2 rings (SSSR count). The van der Waals surface area contributed by atoms with Gasteiger partial charge in [0.05, 0.1) is 0 Å². The SMILES string of the molecule is CCCCCCCCCN1C(=O)C(C)(C)Oc2ccc([N+](=O)[O-])nc21. The molecule has 0 bridgehead atoms. The number of carbonyl (C=O) groups excluding carboxylic acids is 1. The normalized spacial score (nSPS) is 15.6. The van der Waals surface area contributed by atoms with Crippen molar-refractivity contribution in [2.24, 2.45) is 0 Å². The average molecular weight is 349 g/mol. The Hall–Kier alpha value is -2.18. The molecular weight excluding hydrogens is 322 g/mol. The Bertz CT molecular complexity index is 631. The first-order valence-electron chi connectivity index (χ1n) is 9.03. The van der Waals surface area contributed by atoms with Gasteiger partial charge < -0.3 is 14.9 Å². The van der Waals surface area contributed by atoms with Gasteiger partial charge in [-0.15, -0.1) is 0 Å². The molecule has 7 nitrogen and oxygen atoms in total. The minimum atomic E-state index is -0.994. The van der Waals surface area contributed by atoms with Gasteiger partial charge in [0, 0.05) is 12.6 Å². The van der Waals surface area contributed by atoms with Crippen LogP contribution in [0, 0.1) is 10.1 Å². The van der Waals surface area contributed by atoms with E-state index in [1.807, 2.05) is 0 Å². The van der Waals surface area contributed by atoms with E-state index in [1.54, 1.807) is 13.8 Å². The lowest BCUT2D eigenvalue weighted by Gasteiger charge is -2.35. The predicted octanol–water partition coefficient (Wildman–Crippen LogP) is 4.24. The summed E-state index contributed by atoms with van der Waals surface area (Å²) in [5, 5.41) is 11.0. The molecule has 0 atom stereocenters. The topological polar surface area (TPSA) is 85.6 Å². The van der Waals surface area contributed by atoms with Crippen molar-refractivity contribution >= 4 is 17.5 Å². The van der Waals surface area contributed by atoms with Gasteiger partial charge in [-0.05, 0) is 36.2 Å². The van der Waals surface area contributed by atoms with E-state index in [0.717, 1.165) is 19.3 Å². The molecule has 0 aliphatic carbocycles. The van der Waals surface area contributed by atoms with E-state index < -0.39 is 10.5 Å². The summed E-state index contributed by atoms with van der Waals surface area (Å²) >= 11 is 0. The van der Waals surface area contributed by atoms with Crippen molar-refractivity contribution in [1.82, 2.24) is 4.98 Å². The number of rotatable bonds is 9. The van der Waals surface area contributed by atoms with Crippen molar-refractivity contribution in [3.8, 4) is 5.75 Å². The Morgan fingerprint density at radius 2 is 1.80 bits per heavy atom. The first-order valence-corrected chi connectivity index (χ1v) is 9.03. The van der Waals surface area contributed by atoms with Gasteiger partial charge in [-0.1, -0.05) is 45.4 Å². The summed E-state index contributed by atoms with van der Waals surface area (Å²) in [4.78, 5) is 28.7. The van der Waals surface area contributed by atoms with Crippen molar-refractivity contribution in [2.75, 3.05) is 11.4 Å². The third-order valence-electron chi connectivity index (χ3n) is 4.38. The molecule has 25 heavy (non-hydrogen) atoms. The summed E-state index contributed by atoms with van der Waals surface area (Å²) < 4.78 is 5.69. The number of carbonyl (C=O) groups is 1. The Balaban J connectivity index is 2.06. The van der Waals surface area contributed by atoms with Crippen LogP contribution in [0.2, 0.25) is 0 Å². The number of pyridine rings is 1. The summed E-state index contributed by atoms with van der Waals surface area (Å²) in [6.07, 6.45) is 7.94. The van der Waals surface area contributed by atoms with Crippen LogP contribution in [0.1, 0.15) is 65.7 Å². The zero-order chi connectivity index (χ0) is 18.4. The van der Waals surface area contributed by atoms with Crippen LogP contribution >= 0.6 is 0 Å². The fourth-order valence-electron chi connectivity index (χ4n) is 2.97. The molecular formula is C18H27N3O4. The smallest absolute Gasteiger partial charge is 0.366 e. The average Bonchev–Trinajstić information content (AvgIpc) is 2.56. The van der Waals surface area contributed by atoms with Gasteiger partial charge in [-0.2, -0.15) is 0 Å². The molecule has 1 amide bonds. The molecule has 1 aliphatic rings. The van der Waals surface area contributed by atoms with Crippen molar-refractivity contribution in [1.29, 1.82) is 0 Å². The van der Waals surface area contributed by atoms with Gasteiger partial charge in [0.25, 0.3) is 11.7 Å². The first kappa shape index (κ1) is 19.1. The number of amides is 1. The monoisotopic (exact) mass is 349 g/mol. The highest BCUT2D eigenvalue weighted by Crippen LogP contribution is 2.37. The maximum absolute atomic E-state index is 12.7. The van der Waals surface area contributed by atoms with Gasteiger partial charge in [0.1, 0.15) is 0 Å². The summed E-state index contributed by atoms with van der Waals surface area (Å²) in [7, 11) is 0. The second-order valence-corrected chi connectivity index (χ2v) is 6.94. The van der Waals surface area contributed by atoms with Crippen LogP contribution in [0.4, 0.5) is 11.6 Å². The summed E-state index contributed by atoms with van der Waals surface area (Å²) in [6.45, 7) is 6.10. The van der Waals surface area contributed by atoms with Gasteiger partial charge in [0.15, 0.2) is 11.4 Å². The Morgan fingerprint density at radius 1 is 1.16 bits per heavy atom. The van der Waals surface area contributed by atoms with E-state index in [0.29, 0.717) is 12.3 Å². The van der Waals surface area contributed by atoms with Crippen LogP contribution in [0.15, 0.2) is 12.1 Å². The number of hydrogen-bond donors (Lipinski definition) is 0. The molecule has 0 saturated heterocycles. The number of fused-ring (bicyclic) bond motifs is 1. The highest BCUT2D eigenvalue weighted by Gasteiger charge is 2.44. The van der Waals surface area contributed by atoms with Crippen molar-refractivity contribution < 1.29 is 14.5 Å². The highest BCUT2D eigenvalue weighted by atomic mass is 16.6. The van der Waals surface area contributed by atoms with Gasteiger partial charge >= 0.3 is 5.82 Å². The van der Waals surface area contributed by atoms with Crippen molar-refractivity contribution in [3.63, 3.8) is 0 Å². The number of nitro groups is 1. The molecule has 0 N–H and O–H groups in total. The molecule has 0 unspecified atom stereocenters. The second kappa shape index (κ2) is 8.27. The summed E-state index contributed by atoms with van der Waals surface area (Å²) in [5.74, 6) is 0.182. The van der Waals surface area contributed by atoms with Crippen LogP contribution in [0.3, 0.4) is 0 Å². The summed E-state index contributed by atoms with van der Waals surface area (Å²) in [6, 6.07) is 2.82. The second-order valence-electron chi connectivity index (χ2n) is 6.94. The largest absolute Gasteiger partial charge is 0.472 e. The van der Waals surface area contributed by atoms with Gasteiger partial charge in [0.2, 0.25) is 0 Å². The number of ether oxygens (including phenoxy) is 1. The molecule has 1 aliphatic heterocycles. The lowest BCUT2D eigenvalue weighted by atomic mass is 10.0. The van der Waals surface area contributed by atoms with Crippen LogP contribution in [-0.4, -0.2) is 28.0 Å². The zero-order valence-electron chi connectivity index (χ0n) is 15.3. The minimum Gasteiger partial charge on any atom is -0.472 e. The third-order valence-corrected chi connectivity index (χ3v) is 4.38. The van der Waals surface area contributed by atoms with E-state index in [4.69, 9.17) is 4.74 Å². The summed E-state index contributed by atoms with van der Waals surface area (Å²) in [5.41, 5.74) is -0.994. The van der Waals surface area contributed by atoms with Crippen LogP contribution in [0.25, 0.3) is 0 Å². The molecule has 0 radical (unpaired) electrons. The molecule has 138 valence electrons. The maximum atomic E-state index is 12.7. The van der Waals surface area contributed by atoms with Gasteiger partial charge in [-0.25, -0.2) is 0 Å². The number of unbranched alkanes of at least 4 members (excludes halogenated alkanes) is 6. The Labute approximate surface area is 148 Å². The Kier molecular flexibility index (Phi) is 6.33. The maximum Gasteiger partial charge on any atom is 0.366 e. The zero-order valence-corrected chi connectivity index (χ0v) is 15.3. The first-order chi connectivity index (χ1) is 11.9. The molecule has 1 aromatic heterocycles. The van der Waals surface area contributed by atoms with E-state index in [2.05, 4.69) is 11.9 Å². The highest BCUT2D eigenvalue weighted by molar-refractivity contribution is 6.01. The van der Waals surface area contributed by atoms with E-state index >= 15 is 0 Å². The van der Waals surface area contributed by atoms with Gasteiger partial charge in [-0.3, -0.25) is 9.69 Å². The minimum absolute atomic E-state index is 0.209. The van der Waals surface area contributed by atoms with E-state index in [1.165, 1.54) is 42.7 Å². The number of nitrogens with zero attached hydrogens (tertiary/aromatic N) is 3. The molecule has 0 saturated carbocycles. The quantitative estimate of drug-likeness (QED) is 0.378. The van der Waals surface area contributed by atoms with Crippen molar-refractivity contribution in [2.45, 2.75) is 71.3 Å². The van der Waals surface area contributed by atoms with Crippen LogP contribution in [0.5, 0.6) is 5.75 Å². The van der Waals surface area contributed by atoms with Crippen LogP contribution in [-0.2, 0) is 4.79 Å². The lowest BCUT2D eigenvalue weighted by Crippen LogP contribution is -2.53. The standard InChI is InChI=1S/C18H27N3O4/c1-4-5-6-7-8-9-10-13-20-16-14(25-18(2,3)17(20)22)11-12-15(19-16)21(23)24/h11-12H,4-10,13H2,1-3H3. The Morgan fingerprint density at radius 3 is 2.44 bits per heavy atom. The number of hydrogen-bond acceptors (Lipinski definition) is 5. The number of anilines is 1. The van der Waals surface area contributed by atoms with E-state index in [9.17, 15) is 14.9 Å².